The highest BCUT2D eigenvalue weighted by Gasteiger charge is 2.20. The molecule has 1 aliphatic rings. The van der Waals surface area contributed by atoms with Crippen molar-refractivity contribution in [2.75, 3.05) is 6.79 Å². The van der Waals surface area contributed by atoms with E-state index in [1.807, 2.05) is 42.5 Å². The average Bonchev–Trinajstić information content (AvgIpc) is 2.94. The molecule has 0 fully saturated rings. The maximum absolute atomic E-state index is 5.87. The minimum absolute atomic E-state index is 0.275. The fraction of sp³-hybridized carbons (Fsp3) is 0.200. The third kappa shape index (κ3) is 2.54. The van der Waals surface area contributed by atoms with Crippen molar-refractivity contribution in [2.45, 2.75) is 11.9 Å². The molecule has 0 aliphatic carbocycles. The summed E-state index contributed by atoms with van der Waals surface area (Å²) >= 11 is 3.47. The van der Waals surface area contributed by atoms with Crippen molar-refractivity contribution in [1.29, 1.82) is 0 Å². The first-order valence-corrected chi connectivity index (χ1v) is 7.15. The Labute approximate surface area is 120 Å². The Bertz CT molecular complexity index is 569. The summed E-state index contributed by atoms with van der Waals surface area (Å²) in [5, 5.41) is 0.670. The fourth-order valence-corrected chi connectivity index (χ4v) is 2.54. The van der Waals surface area contributed by atoms with Gasteiger partial charge in [-0.2, -0.15) is 0 Å². The highest BCUT2D eigenvalue weighted by molar-refractivity contribution is 9.08. The van der Waals surface area contributed by atoms with Crippen LogP contribution >= 0.6 is 15.9 Å². The largest absolute Gasteiger partial charge is 0.488 e. The molecule has 0 saturated heterocycles. The van der Waals surface area contributed by atoms with Gasteiger partial charge in [0.25, 0.3) is 0 Å². The van der Waals surface area contributed by atoms with Gasteiger partial charge in [-0.05, 0) is 17.7 Å². The Kier molecular flexibility index (Phi) is 3.60. The van der Waals surface area contributed by atoms with Gasteiger partial charge in [0.2, 0.25) is 6.79 Å². The summed E-state index contributed by atoms with van der Waals surface area (Å²) in [6.07, 6.45) is 0. The SMILES string of the molecule is BrCc1c(OCc2ccccc2)ccc2c1OCO2. The van der Waals surface area contributed by atoms with Gasteiger partial charge < -0.3 is 14.2 Å². The summed E-state index contributed by atoms with van der Waals surface area (Å²) in [4.78, 5) is 0. The highest BCUT2D eigenvalue weighted by Crippen LogP contribution is 2.41. The number of halogens is 1. The van der Waals surface area contributed by atoms with E-state index in [-0.39, 0.29) is 6.79 Å². The van der Waals surface area contributed by atoms with Gasteiger partial charge >= 0.3 is 0 Å². The number of rotatable bonds is 4. The summed E-state index contributed by atoms with van der Waals surface area (Å²) in [5.41, 5.74) is 2.13. The van der Waals surface area contributed by atoms with Crippen LogP contribution in [0.5, 0.6) is 17.2 Å². The van der Waals surface area contributed by atoms with E-state index in [1.54, 1.807) is 0 Å². The van der Waals surface area contributed by atoms with Gasteiger partial charge in [-0.25, -0.2) is 0 Å². The molecule has 0 amide bonds. The number of ether oxygens (including phenoxy) is 3. The number of fused-ring (bicyclic) bond motifs is 1. The molecule has 0 N–H and O–H groups in total. The van der Waals surface area contributed by atoms with Crippen LogP contribution in [0.25, 0.3) is 0 Å². The zero-order chi connectivity index (χ0) is 13.1. The molecule has 0 bridgehead atoms. The zero-order valence-electron chi connectivity index (χ0n) is 10.3. The van der Waals surface area contributed by atoms with Crippen molar-refractivity contribution >= 4 is 15.9 Å². The summed E-state index contributed by atoms with van der Waals surface area (Å²) in [5.74, 6) is 2.38. The maximum Gasteiger partial charge on any atom is 0.231 e. The number of hydrogen-bond donors (Lipinski definition) is 0. The molecule has 1 heterocycles. The van der Waals surface area contributed by atoms with Crippen molar-refractivity contribution in [2.24, 2.45) is 0 Å². The van der Waals surface area contributed by atoms with Gasteiger partial charge in [0.1, 0.15) is 12.4 Å². The van der Waals surface area contributed by atoms with E-state index in [2.05, 4.69) is 15.9 Å². The molecule has 2 aromatic carbocycles. The van der Waals surface area contributed by atoms with E-state index in [0.29, 0.717) is 11.9 Å². The molecule has 4 heteroatoms. The fourth-order valence-electron chi connectivity index (χ4n) is 2.01. The standard InChI is InChI=1S/C15H13BrO3/c16-8-12-13(6-7-14-15(12)19-10-18-14)17-9-11-4-2-1-3-5-11/h1-7H,8-10H2. The molecule has 3 rings (SSSR count). The molecule has 19 heavy (non-hydrogen) atoms. The van der Waals surface area contributed by atoms with Crippen LogP contribution in [0.1, 0.15) is 11.1 Å². The first-order valence-electron chi connectivity index (χ1n) is 6.02. The second kappa shape index (κ2) is 5.53. The van der Waals surface area contributed by atoms with Crippen LogP contribution in [0.4, 0.5) is 0 Å². The minimum atomic E-state index is 0.275. The third-order valence-electron chi connectivity index (χ3n) is 2.97. The molecule has 98 valence electrons. The van der Waals surface area contributed by atoms with Crippen LogP contribution in [0, 0.1) is 0 Å². The first-order chi connectivity index (χ1) is 9.38. The molecule has 0 aromatic heterocycles. The van der Waals surface area contributed by atoms with Crippen LogP contribution in [0.3, 0.4) is 0 Å². The number of benzene rings is 2. The van der Waals surface area contributed by atoms with Crippen LogP contribution in [-0.4, -0.2) is 6.79 Å². The topological polar surface area (TPSA) is 27.7 Å². The monoisotopic (exact) mass is 320 g/mol. The normalized spacial score (nSPS) is 12.5. The van der Waals surface area contributed by atoms with Crippen LogP contribution < -0.4 is 14.2 Å². The lowest BCUT2D eigenvalue weighted by atomic mass is 10.2. The molecule has 2 aromatic rings. The number of alkyl halides is 1. The minimum Gasteiger partial charge on any atom is -0.488 e. The second-order valence-corrected chi connectivity index (χ2v) is 4.74. The van der Waals surface area contributed by atoms with E-state index < -0.39 is 0 Å². The molecule has 3 nitrogen and oxygen atoms in total. The third-order valence-corrected chi connectivity index (χ3v) is 3.53. The van der Waals surface area contributed by atoms with Gasteiger partial charge in [-0.15, -0.1) is 0 Å². The van der Waals surface area contributed by atoms with Crippen molar-refractivity contribution in [1.82, 2.24) is 0 Å². The molecule has 0 spiro atoms. The van der Waals surface area contributed by atoms with E-state index in [0.717, 1.165) is 28.4 Å². The lowest BCUT2D eigenvalue weighted by Gasteiger charge is -2.12. The van der Waals surface area contributed by atoms with Gasteiger partial charge in [-0.3, -0.25) is 0 Å². The summed E-state index contributed by atoms with van der Waals surface area (Å²) in [6, 6.07) is 13.9. The van der Waals surface area contributed by atoms with Crippen molar-refractivity contribution in [3.05, 3.63) is 53.6 Å². The van der Waals surface area contributed by atoms with E-state index in [4.69, 9.17) is 14.2 Å². The quantitative estimate of drug-likeness (QED) is 0.800. The Balaban J connectivity index is 1.81. The average molecular weight is 321 g/mol. The van der Waals surface area contributed by atoms with Crippen molar-refractivity contribution in [3.8, 4) is 17.2 Å². The zero-order valence-corrected chi connectivity index (χ0v) is 11.9. The molecule has 0 unspecified atom stereocenters. The lowest BCUT2D eigenvalue weighted by molar-refractivity contribution is 0.173. The van der Waals surface area contributed by atoms with E-state index >= 15 is 0 Å². The van der Waals surface area contributed by atoms with Crippen LogP contribution in [0.15, 0.2) is 42.5 Å². The lowest BCUT2D eigenvalue weighted by Crippen LogP contribution is -1.99. The Hall–Kier alpha value is -1.68. The van der Waals surface area contributed by atoms with Crippen LogP contribution in [-0.2, 0) is 11.9 Å². The summed E-state index contributed by atoms with van der Waals surface area (Å²) < 4.78 is 16.7. The summed E-state index contributed by atoms with van der Waals surface area (Å²) in [6.45, 7) is 0.817. The van der Waals surface area contributed by atoms with Crippen molar-refractivity contribution in [3.63, 3.8) is 0 Å². The number of hydrogen-bond acceptors (Lipinski definition) is 3. The Morgan fingerprint density at radius 2 is 1.89 bits per heavy atom. The molecule has 0 saturated carbocycles. The Morgan fingerprint density at radius 1 is 1.05 bits per heavy atom. The van der Waals surface area contributed by atoms with E-state index in [9.17, 15) is 0 Å². The maximum atomic E-state index is 5.87. The van der Waals surface area contributed by atoms with Gasteiger partial charge in [0, 0.05) is 5.33 Å². The smallest absolute Gasteiger partial charge is 0.231 e. The van der Waals surface area contributed by atoms with Crippen molar-refractivity contribution < 1.29 is 14.2 Å². The van der Waals surface area contributed by atoms with Gasteiger partial charge in [-0.1, -0.05) is 46.3 Å². The molecular formula is C15H13BrO3. The molecular weight excluding hydrogens is 308 g/mol. The second-order valence-electron chi connectivity index (χ2n) is 4.18. The molecule has 0 radical (unpaired) electrons. The summed E-state index contributed by atoms with van der Waals surface area (Å²) in [7, 11) is 0. The van der Waals surface area contributed by atoms with Gasteiger partial charge in [0.15, 0.2) is 11.5 Å². The predicted molar refractivity (Wildman–Crippen MR) is 76.0 cm³/mol. The van der Waals surface area contributed by atoms with Crippen LogP contribution in [0.2, 0.25) is 0 Å². The van der Waals surface area contributed by atoms with E-state index in [1.165, 1.54) is 0 Å². The Morgan fingerprint density at radius 3 is 2.68 bits per heavy atom. The molecule has 1 aliphatic heterocycles. The first kappa shape index (κ1) is 12.4. The van der Waals surface area contributed by atoms with Gasteiger partial charge in [0.05, 0.1) is 5.56 Å². The predicted octanol–water partition coefficient (Wildman–Crippen LogP) is 3.89. The highest BCUT2D eigenvalue weighted by atomic mass is 79.9. The molecule has 0 atom stereocenters.